The van der Waals surface area contributed by atoms with Gasteiger partial charge in [0.1, 0.15) is 47.4 Å². The molecule has 0 unspecified atom stereocenters. The smallest absolute Gasteiger partial charge is 0.302 e. The Morgan fingerprint density at radius 2 is 0.713 bits per heavy atom. The molecule has 0 aliphatic heterocycles. The summed E-state index contributed by atoms with van der Waals surface area (Å²) in [6, 6.07) is 61.8. The molecule has 8 aromatic rings. The van der Waals surface area contributed by atoms with Crippen LogP contribution in [-0.2, 0) is 215 Å². The zero-order valence-electron chi connectivity index (χ0n) is 64.2. The van der Waals surface area contributed by atoms with Crippen molar-refractivity contribution in [3.63, 3.8) is 0 Å². The van der Waals surface area contributed by atoms with E-state index in [1.165, 1.54) is 88.1 Å². The number of hydrogen-bond acceptors (Lipinski definition) is 28. The maximum Gasteiger partial charge on any atom is 0.302 e. The molecule has 0 N–H and O–H groups in total. The SMILES string of the molecule is CC(=O)OCc1ccccc1S[S-].CSc1ccccc1CO[C-]=O.[2H]C(=O)OCc1ccccc1SC.[2H]CC(=O)OCc1ccccc1SC.[2H]CSSc1ccccc1COC(C)=O.[2H]SSc1ccccc1COC(C)=O.[CH2-]C(=O)OCc1ccccc1SC.[CH2-]SSc1ccccc1COC(C)=O.[V].[V].[V].[V]. The van der Waals surface area contributed by atoms with Gasteiger partial charge in [0.2, 0.25) is 0 Å². The summed E-state index contributed by atoms with van der Waals surface area (Å²) in [5.41, 5.74) is 7.87. The molecule has 16 nitrogen and oxygen atoms in total. The third kappa shape index (κ3) is 53.0. The Balaban J connectivity index is -0.000000592. The van der Waals surface area contributed by atoms with Crippen LogP contribution < -0.4 is 0 Å². The molecule has 32 heteroatoms. The van der Waals surface area contributed by atoms with Gasteiger partial charge >= 0.3 is 29.8 Å². The molecular formula is C76H84O16S12V4-4. The third-order valence-electron chi connectivity index (χ3n) is 12.2. The van der Waals surface area contributed by atoms with Crippen molar-refractivity contribution < 1.29 is 155 Å². The summed E-state index contributed by atoms with van der Waals surface area (Å²) < 4.78 is 65.9. The van der Waals surface area contributed by atoms with Crippen molar-refractivity contribution in [2.45, 2.75) is 127 Å². The maximum atomic E-state index is 10.8. The molecule has 0 aliphatic carbocycles. The molecule has 0 atom stereocenters. The quantitative estimate of drug-likeness (QED) is 0.00706. The van der Waals surface area contributed by atoms with Crippen molar-refractivity contribution in [1.29, 1.82) is 1.12 Å². The van der Waals surface area contributed by atoms with Gasteiger partial charge < -0.3 is 54.4 Å². The van der Waals surface area contributed by atoms with E-state index in [9.17, 15) is 38.4 Å². The predicted molar refractivity (Wildman–Crippen MR) is 439 cm³/mol. The summed E-state index contributed by atoms with van der Waals surface area (Å²) in [7, 11) is 8.57. The number of ether oxygens (including phenoxy) is 8. The Morgan fingerprint density at radius 3 is 1.01 bits per heavy atom. The van der Waals surface area contributed by atoms with Gasteiger partial charge in [-0.1, -0.05) is 201 Å². The van der Waals surface area contributed by atoms with Crippen LogP contribution in [0.25, 0.3) is 0 Å². The van der Waals surface area contributed by atoms with E-state index in [0.29, 0.717) is 39.3 Å². The van der Waals surface area contributed by atoms with E-state index in [1.54, 1.807) is 57.8 Å². The van der Waals surface area contributed by atoms with Crippen LogP contribution in [0.15, 0.2) is 233 Å². The average molecular weight is 1850 g/mol. The summed E-state index contributed by atoms with van der Waals surface area (Å²) in [4.78, 5) is 92.3. The molecule has 0 fully saturated rings. The molecule has 0 aromatic heterocycles. The van der Waals surface area contributed by atoms with Gasteiger partial charge in [-0.05, 0) is 84.2 Å². The zero-order valence-corrected chi connectivity index (χ0v) is 75.6. The van der Waals surface area contributed by atoms with Crippen LogP contribution in [0.2, 0.25) is 0 Å². The van der Waals surface area contributed by atoms with Crippen molar-refractivity contribution in [3.05, 3.63) is 252 Å². The van der Waals surface area contributed by atoms with Gasteiger partial charge in [0.05, 0.1) is 6.61 Å². The van der Waals surface area contributed by atoms with Gasteiger partial charge in [-0.15, -0.1) is 58.6 Å². The number of carbonyl (C=O) groups excluding carboxylic acids is 8. The van der Waals surface area contributed by atoms with Crippen LogP contribution in [0.4, 0.5) is 0 Å². The van der Waals surface area contributed by atoms with Gasteiger partial charge in [0.15, 0.2) is 7.34 Å². The van der Waals surface area contributed by atoms with Gasteiger partial charge in [0, 0.05) is 185 Å². The van der Waals surface area contributed by atoms with Crippen molar-refractivity contribution in [2.24, 2.45) is 0 Å². The largest absolute Gasteiger partial charge is 0.714 e. The monoisotopic (exact) mass is 1840 g/mol. The van der Waals surface area contributed by atoms with Crippen LogP contribution in [0.3, 0.4) is 0 Å². The molecule has 0 amide bonds. The summed E-state index contributed by atoms with van der Waals surface area (Å²) in [6.07, 6.45) is 10.9. The van der Waals surface area contributed by atoms with E-state index in [1.807, 2.05) is 219 Å². The molecule has 8 rings (SSSR count). The molecule has 0 saturated heterocycles. The van der Waals surface area contributed by atoms with Gasteiger partial charge in [-0.2, -0.15) is 0 Å². The van der Waals surface area contributed by atoms with E-state index < -0.39 is 18.4 Å². The molecule has 0 spiro atoms. The number of rotatable bonds is 28. The first-order valence-electron chi connectivity index (χ1n) is 32.6. The normalized spacial score (nSPS) is 9.80. The summed E-state index contributed by atoms with van der Waals surface area (Å²) in [5, 5.41) is 0. The zero-order chi connectivity index (χ0) is 80.1. The molecule has 0 heterocycles. The van der Waals surface area contributed by atoms with E-state index in [-0.39, 0.29) is 125 Å². The third-order valence-corrected chi connectivity index (χ3v) is 21.0. The Labute approximate surface area is 741 Å². The van der Waals surface area contributed by atoms with Crippen LogP contribution in [0.1, 0.15) is 83.2 Å². The van der Waals surface area contributed by atoms with E-state index in [2.05, 4.69) is 22.7 Å². The first-order valence-corrected chi connectivity index (χ1v) is 43.3. The van der Waals surface area contributed by atoms with Gasteiger partial charge in [-0.3, -0.25) is 68.3 Å². The second-order valence-electron chi connectivity index (χ2n) is 19.4. The molecular weight excluding hydrogens is 1760 g/mol. The minimum Gasteiger partial charge on any atom is -0.714 e. The van der Waals surface area contributed by atoms with Crippen molar-refractivity contribution in [2.75, 3.05) is 31.3 Å². The second-order valence-corrected chi connectivity index (χ2v) is 29.1. The fourth-order valence-electron chi connectivity index (χ4n) is 7.48. The topological polar surface area (TPSA) is 210 Å². The van der Waals surface area contributed by atoms with E-state index in [4.69, 9.17) is 45.3 Å². The number of thioether (sulfide) groups is 4. The summed E-state index contributed by atoms with van der Waals surface area (Å²) >= 11 is 12.3. The van der Waals surface area contributed by atoms with E-state index in [0.717, 1.165) is 95.2 Å². The number of thiol groups is 1. The predicted octanol–water partition coefficient (Wildman–Crippen LogP) is 20.2. The van der Waals surface area contributed by atoms with Gasteiger partial charge in [0.25, 0.3) is 6.45 Å². The molecule has 8 aromatic carbocycles. The molecule has 0 saturated carbocycles. The molecule has 0 aliphatic rings. The van der Waals surface area contributed by atoms with Crippen LogP contribution in [0, 0.1) is 13.2 Å². The first kappa shape index (κ1) is 102. The fourth-order valence-corrected chi connectivity index (χ4v) is 14.3. The number of benzene rings is 8. The average Bonchev–Trinajstić information content (AvgIpc) is 0.884. The fraction of sp³-hybridized carbons (Fsp3) is 0.237. The Hall–Kier alpha value is -4.07. The number of carbonyl (C=O) groups is 7. The van der Waals surface area contributed by atoms with Crippen LogP contribution in [0.5, 0.6) is 0 Å². The molecule has 4 radical (unpaired) electrons. The molecule has 108 heavy (non-hydrogen) atoms. The Morgan fingerprint density at radius 1 is 0.435 bits per heavy atom. The standard InChI is InChI=1S/C10H12O2S2.C10H11O2S2.C10H12O2S.C10H11O2S.2C9H10O2S2.C9H10O2S.C9H9O2S.4V/c2*1-8(11)12-7-9-5-3-4-6-10(9)14-13-2;2*1-8(11)12-7-9-5-3-4-6-10(9)13-2;2*1-7(10)11-6-8-4-2-3-5-9(8)13-12;2*1-12-9-5-3-2-4-8(9)6-11-7-10;;;;/h3-6H,7H2,1-2H3;3-6H,2,7H2,1H3;3-6H,7H2,1-2H3;3-6H,1,7H2,2H3;2*2-5,12H,6H2,1H3;2-5,7H,6H2,1H3;2-5H,6H2,1H3;;;;/q;-1;;-1;;;;-1;;;;/p-1/i2D;;1D;;;;7D;;;;;/hD. The second kappa shape index (κ2) is 71.9. The Kier molecular flexibility index (Phi) is 67.9. The first-order chi connectivity index (χ1) is 52.1. The minimum absolute atomic E-state index is 0. The maximum absolute atomic E-state index is 10.8. The van der Waals surface area contributed by atoms with Crippen molar-refractivity contribution >= 4 is 184 Å². The minimum atomic E-state index is -0.990. The summed E-state index contributed by atoms with van der Waals surface area (Å²) in [6.45, 7) is 12.1. The number of esters is 6. The Bertz CT molecular complexity index is 3740. The van der Waals surface area contributed by atoms with Crippen molar-refractivity contribution in [1.82, 2.24) is 0 Å². The van der Waals surface area contributed by atoms with Crippen LogP contribution in [-0.4, -0.2) is 81.1 Å². The molecule has 0 bridgehead atoms. The molecule has 580 valence electrons. The summed E-state index contributed by atoms with van der Waals surface area (Å²) in [5.74, 6) is -2.07. The van der Waals surface area contributed by atoms with Crippen LogP contribution >= 0.6 is 123 Å². The van der Waals surface area contributed by atoms with Crippen molar-refractivity contribution in [3.8, 4) is 0 Å². The number of hydrogen-bond donors (Lipinski definition) is 1. The van der Waals surface area contributed by atoms with Gasteiger partial charge in [-0.25, -0.2) is 0 Å². The van der Waals surface area contributed by atoms with E-state index >= 15 is 0 Å².